The van der Waals surface area contributed by atoms with Crippen molar-refractivity contribution in [1.29, 1.82) is 0 Å². The lowest BCUT2D eigenvalue weighted by Gasteiger charge is -2.20. The smallest absolute Gasteiger partial charge is 0.240 e. The standard InChI is InChI=1S/C14H18N2O3/c1-14(2)7-12(17)16(13(14)18)10-5-4-9(8-15)6-11(10)19-3/h4-6H,7-8,15H2,1-3H3. The SMILES string of the molecule is COc1cc(CN)ccc1N1C(=O)CC(C)(C)C1=O. The molecule has 0 radical (unpaired) electrons. The van der Waals surface area contributed by atoms with Crippen LogP contribution in [0.5, 0.6) is 5.75 Å². The number of methoxy groups -OCH3 is 1. The first-order valence-corrected chi connectivity index (χ1v) is 6.15. The summed E-state index contributed by atoms with van der Waals surface area (Å²) in [7, 11) is 1.51. The number of carbonyl (C=O) groups is 2. The lowest BCUT2D eigenvalue weighted by molar-refractivity contribution is -0.124. The zero-order chi connectivity index (χ0) is 14.2. The van der Waals surface area contributed by atoms with E-state index in [2.05, 4.69) is 0 Å². The van der Waals surface area contributed by atoms with Gasteiger partial charge < -0.3 is 10.5 Å². The lowest BCUT2D eigenvalue weighted by Crippen LogP contribution is -2.33. The van der Waals surface area contributed by atoms with Crippen LogP contribution in [0.2, 0.25) is 0 Å². The Morgan fingerprint density at radius 1 is 1.37 bits per heavy atom. The summed E-state index contributed by atoms with van der Waals surface area (Å²) >= 11 is 0. The number of hydrogen-bond donors (Lipinski definition) is 1. The molecular weight excluding hydrogens is 244 g/mol. The quantitative estimate of drug-likeness (QED) is 0.837. The number of benzene rings is 1. The summed E-state index contributed by atoms with van der Waals surface area (Å²) in [6.45, 7) is 3.92. The number of nitrogens with two attached hydrogens (primary N) is 1. The van der Waals surface area contributed by atoms with Crippen LogP contribution in [0.1, 0.15) is 25.8 Å². The Morgan fingerprint density at radius 2 is 2.05 bits per heavy atom. The number of nitrogens with zero attached hydrogens (tertiary/aromatic N) is 1. The van der Waals surface area contributed by atoms with E-state index in [0.29, 0.717) is 18.0 Å². The Bertz CT molecular complexity index is 537. The zero-order valence-corrected chi connectivity index (χ0v) is 11.4. The fourth-order valence-corrected chi connectivity index (χ4v) is 2.23. The second-order valence-electron chi connectivity index (χ2n) is 5.31. The van der Waals surface area contributed by atoms with E-state index in [9.17, 15) is 9.59 Å². The Morgan fingerprint density at radius 3 is 2.53 bits per heavy atom. The van der Waals surface area contributed by atoms with E-state index in [0.717, 1.165) is 5.56 Å². The van der Waals surface area contributed by atoms with Crippen LogP contribution in [0.4, 0.5) is 5.69 Å². The average Bonchev–Trinajstić information content (AvgIpc) is 2.58. The minimum Gasteiger partial charge on any atom is -0.495 e. The molecule has 1 aliphatic heterocycles. The van der Waals surface area contributed by atoms with Crippen molar-refractivity contribution in [2.75, 3.05) is 12.0 Å². The lowest BCUT2D eigenvalue weighted by atomic mass is 9.92. The van der Waals surface area contributed by atoms with Gasteiger partial charge in [-0.2, -0.15) is 0 Å². The predicted octanol–water partition coefficient (Wildman–Crippen LogP) is 1.44. The second-order valence-corrected chi connectivity index (χ2v) is 5.31. The third-order valence-electron chi connectivity index (χ3n) is 3.35. The molecule has 1 heterocycles. The molecule has 1 aromatic rings. The maximum Gasteiger partial charge on any atom is 0.240 e. The molecule has 5 nitrogen and oxygen atoms in total. The fourth-order valence-electron chi connectivity index (χ4n) is 2.23. The molecule has 0 aliphatic carbocycles. The Labute approximate surface area is 112 Å². The van der Waals surface area contributed by atoms with Gasteiger partial charge in [-0.25, -0.2) is 4.90 Å². The van der Waals surface area contributed by atoms with Crippen molar-refractivity contribution in [3.05, 3.63) is 23.8 Å². The van der Waals surface area contributed by atoms with Crippen LogP contribution in [-0.4, -0.2) is 18.9 Å². The van der Waals surface area contributed by atoms with Gasteiger partial charge >= 0.3 is 0 Å². The van der Waals surface area contributed by atoms with Crippen molar-refractivity contribution in [2.24, 2.45) is 11.1 Å². The normalized spacial score (nSPS) is 18.0. The highest BCUT2D eigenvalue weighted by molar-refractivity contribution is 6.22. The molecule has 0 saturated carbocycles. The number of ether oxygens (including phenoxy) is 1. The summed E-state index contributed by atoms with van der Waals surface area (Å²) in [6, 6.07) is 5.25. The summed E-state index contributed by atoms with van der Waals surface area (Å²) in [4.78, 5) is 25.5. The molecule has 1 aliphatic rings. The first kappa shape index (κ1) is 13.5. The molecule has 0 aromatic heterocycles. The van der Waals surface area contributed by atoms with Crippen LogP contribution in [0.25, 0.3) is 0 Å². The number of carbonyl (C=O) groups excluding carboxylic acids is 2. The third kappa shape index (κ3) is 2.21. The van der Waals surface area contributed by atoms with Crippen molar-refractivity contribution in [3.63, 3.8) is 0 Å². The molecule has 0 atom stereocenters. The maximum atomic E-state index is 12.3. The molecule has 0 bridgehead atoms. The summed E-state index contributed by atoms with van der Waals surface area (Å²) < 4.78 is 5.26. The maximum absolute atomic E-state index is 12.3. The van der Waals surface area contributed by atoms with Gasteiger partial charge in [0.25, 0.3) is 0 Å². The fraction of sp³-hybridized carbons (Fsp3) is 0.429. The van der Waals surface area contributed by atoms with Crippen molar-refractivity contribution < 1.29 is 14.3 Å². The number of imide groups is 1. The van der Waals surface area contributed by atoms with Gasteiger partial charge in [-0.1, -0.05) is 19.9 Å². The average molecular weight is 262 g/mol. The van der Waals surface area contributed by atoms with Gasteiger partial charge in [0.15, 0.2) is 0 Å². The topological polar surface area (TPSA) is 72.6 Å². The molecule has 1 aromatic carbocycles. The summed E-state index contributed by atoms with van der Waals surface area (Å²) in [6.07, 6.45) is 0.216. The van der Waals surface area contributed by atoms with E-state index in [4.69, 9.17) is 10.5 Å². The molecule has 5 heteroatoms. The first-order valence-electron chi connectivity index (χ1n) is 6.15. The van der Waals surface area contributed by atoms with E-state index in [1.807, 2.05) is 0 Å². The van der Waals surface area contributed by atoms with Gasteiger partial charge in [0.1, 0.15) is 5.75 Å². The monoisotopic (exact) mass is 262 g/mol. The molecule has 102 valence electrons. The third-order valence-corrected chi connectivity index (χ3v) is 3.35. The highest BCUT2D eigenvalue weighted by atomic mass is 16.5. The van der Waals surface area contributed by atoms with Crippen molar-refractivity contribution >= 4 is 17.5 Å². The summed E-state index contributed by atoms with van der Waals surface area (Å²) in [5, 5.41) is 0. The van der Waals surface area contributed by atoms with Gasteiger partial charge in [0, 0.05) is 13.0 Å². The summed E-state index contributed by atoms with van der Waals surface area (Å²) in [5.74, 6) is 0.0902. The minimum absolute atomic E-state index is 0.198. The van der Waals surface area contributed by atoms with Crippen molar-refractivity contribution in [3.8, 4) is 5.75 Å². The van der Waals surface area contributed by atoms with E-state index >= 15 is 0 Å². The zero-order valence-electron chi connectivity index (χ0n) is 11.4. The molecule has 0 unspecified atom stereocenters. The molecule has 0 spiro atoms. The van der Waals surface area contributed by atoms with E-state index in [1.54, 1.807) is 32.0 Å². The molecule has 2 amide bonds. The first-order chi connectivity index (χ1) is 8.90. The molecule has 1 saturated heterocycles. The Hall–Kier alpha value is -1.88. The summed E-state index contributed by atoms with van der Waals surface area (Å²) in [5.41, 5.74) is 6.29. The number of rotatable bonds is 3. The van der Waals surface area contributed by atoms with Crippen LogP contribution in [0, 0.1) is 5.41 Å². The largest absolute Gasteiger partial charge is 0.495 e. The molecule has 2 rings (SSSR count). The van der Waals surface area contributed by atoms with Gasteiger partial charge in [0.05, 0.1) is 18.2 Å². The predicted molar refractivity (Wildman–Crippen MR) is 71.8 cm³/mol. The van der Waals surface area contributed by atoms with E-state index in [-0.39, 0.29) is 18.2 Å². The van der Waals surface area contributed by atoms with Gasteiger partial charge in [-0.3, -0.25) is 9.59 Å². The number of amides is 2. The van der Waals surface area contributed by atoms with Gasteiger partial charge in [0.2, 0.25) is 11.8 Å². The minimum atomic E-state index is -0.658. The van der Waals surface area contributed by atoms with Crippen molar-refractivity contribution in [2.45, 2.75) is 26.8 Å². The van der Waals surface area contributed by atoms with Crippen molar-refractivity contribution in [1.82, 2.24) is 0 Å². The number of hydrogen-bond acceptors (Lipinski definition) is 4. The number of anilines is 1. The highest BCUT2D eigenvalue weighted by Crippen LogP contribution is 2.39. The highest BCUT2D eigenvalue weighted by Gasteiger charge is 2.46. The van der Waals surface area contributed by atoms with Gasteiger partial charge in [-0.15, -0.1) is 0 Å². The van der Waals surface area contributed by atoms with E-state index in [1.165, 1.54) is 12.0 Å². The molecule has 19 heavy (non-hydrogen) atoms. The van der Waals surface area contributed by atoms with E-state index < -0.39 is 5.41 Å². The van der Waals surface area contributed by atoms with Crippen LogP contribution in [0.15, 0.2) is 18.2 Å². The second kappa shape index (κ2) is 4.66. The molecular formula is C14H18N2O3. The molecule has 2 N–H and O–H groups in total. The van der Waals surface area contributed by atoms with Crippen LogP contribution < -0.4 is 15.4 Å². The van der Waals surface area contributed by atoms with Crippen LogP contribution in [-0.2, 0) is 16.1 Å². The molecule has 1 fully saturated rings. The Kier molecular flexibility index (Phi) is 3.32. The van der Waals surface area contributed by atoms with Crippen LogP contribution >= 0.6 is 0 Å². The van der Waals surface area contributed by atoms with Crippen LogP contribution in [0.3, 0.4) is 0 Å². The van der Waals surface area contributed by atoms with Gasteiger partial charge in [-0.05, 0) is 17.7 Å². The Balaban J connectivity index is 2.47.